The Morgan fingerprint density at radius 1 is 1.23 bits per heavy atom. The summed E-state index contributed by atoms with van der Waals surface area (Å²) in [6, 6.07) is 0. The molecule has 1 aliphatic rings. The average molecular weight is 245 g/mol. The van der Waals surface area contributed by atoms with Crippen molar-refractivity contribution >= 4 is 46.9 Å². The quantitative estimate of drug-likeness (QED) is 0.715. The highest BCUT2D eigenvalue weighted by molar-refractivity contribution is 8.03. The molecule has 0 radical (unpaired) electrons. The molecule has 0 aromatic heterocycles. The van der Waals surface area contributed by atoms with Crippen LogP contribution in [-0.2, 0) is 9.59 Å². The van der Waals surface area contributed by atoms with Crippen molar-refractivity contribution in [3.8, 4) is 0 Å². The summed E-state index contributed by atoms with van der Waals surface area (Å²) in [6.07, 6.45) is 0.0460. The number of hydrogen-bond acceptors (Lipinski definition) is 3. The second-order valence-electron chi connectivity index (χ2n) is 2.61. The van der Waals surface area contributed by atoms with E-state index in [1.807, 2.05) is 0 Å². The van der Waals surface area contributed by atoms with Crippen LogP contribution >= 0.6 is 35.0 Å². The van der Waals surface area contributed by atoms with Crippen molar-refractivity contribution in [3.63, 3.8) is 0 Å². The third-order valence-electron chi connectivity index (χ3n) is 1.87. The van der Waals surface area contributed by atoms with Crippen molar-refractivity contribution in [2.45, 2.75) is 15.5 Å². The number of carbonyl (C=O) groups is 2. The second kappa shape index (κ2) is 3.22. The normalized spacial score (nSPS) is 38.9. The summed E-state index contributed by atoms with van der Waals surface area (Å²) in [5, 5.41) is 17.5. The summed E-state index contributed by atoms with van der Waals surface area (Å²) in [6.45, 7) is 0. The van der Waals surface area contributed by atoms with E-state index in [2.05, 4.69) is 0 Å². The summed E-state index contributed by atoms with van der Waals surface area (Å²) < 4.78 is -1.96. The van der Waals surface area contributed by atoms with Gasteiger partial charge in [0.2, 0.25) is 4.21 Å². The molecule has 0 saturated carbocycles. The zero-order chi connectivity index (χ0) is 10.3. The van der Waals surface area contributed by atoms with E-state index in [4.69, 9.17) is 33.4 Å². The number of rotatable bonds is 2. The van der Waals surface area contributed by atoms with Gasteiger partial charge in [0.1, 0.15) is 0 Å². The van der Waals surface area contributed by atoms with Gasteiger partial charge in [0.15, 0.2) is 4.87 Å². The van der Waals surface area contributed by atoms with Gasteiger partial charge in [0, 0.05) is 0 Å². The third kappa shape index (κ3) is 1.39. The SMILES string of the molecule is O=C(O)C1(Cl)CCSC1(Cl)C(=O)O. The summed E-state index contributed by atoms with van der Waals surface area (Å²) in [7, 11) is 0. The van der Waals surface area contributed by atoms with Gasteiger partial charge in [-0.1, -0.05) is 11.6 Å². The number of hydrogen-bond donors (Lipinski definition) is 2. The van der Waals surface area contributed by atoms with Crippen LogP contribution in [0, 0.1) is 0 Å². The first kappa shape index (κ1) is 10.9. The van der Waals surface area contributed by atoms with Crippen LogP contribution in [0.15, 0.2) is 0 Å². The highest BCUT2D eigenvalue weighted by Gasteiger charge is 2.64. The van der Waals surface area contributed by atoms with E-state index in [1.54, 1.807) is 0 Å². The smallest absolute Gasteiger partial charge is 0.337 e. The Morgan fingerprint density at radius 3 is 2.08 bits per heavy atom. The number of thioether (sulfide) groups is 1. The maximum Gasteiger partial charge on any atom is 0.337 e. The van der Waals surface area contributed by atoms with Gasteiger partial charge in [-0.05, 0) is 12.2 Å². The molecule has 2 unspecified atom stereocenters. The van der Waals surface area contributed by atoms with Crippen LogP contribution in [0.5, 0.6) is 0 Å². The van der Waals surface area contributed by atoms with Crippen molar-refractivity contribution in [1.29, 1.82) is 0 Å². The van der Waals surface area contributed by atoms with E-state index >= 15 is 0 Å². The van der Waals surface area contributed by atoms with E-state index < -0.39 is 21.0 Å². The first-order chi connectivity index (χ1) is 5.84. The summed E-state index contributed by atoms with van der Waals surface area (Å²) >= 11 is 12.2. The molecule has 1 rings (SSSR count). The van der Waals surface area contributed by atoms with E-state index in [0.29, 0.717) is 5.75 Å². The van der Waals surface area contributed by atoms with Crippen molar-refractivity contribution in [3.05, 3.63) is 0 Å². The molecule has 0 amide bonds. The summed E-state index contributed by atoms with van der Waals surface area (Å²) in [5.74, 6) is -2.48. The Kier molecular flexibility index (Phi) is 2.71. The van der Waals surface area contributed by atoms with Gasteiger partial charge in [-0.15, -0.1) is 23.4 Å². The molecular weight excluding hydrogens is 239 g/mol. The molecule has 2 atom stereocenters. The van der Waals surface area contributed by atoms with Crippen molar-refractivity contribution in [2.24, 2.45) is 0 Å². The maximum absolute atomic E-state index is 10.8. The number of aliphatic carboxylic acids is 2. The molecule has 7 heteroatoms. The van der Waals surface area contributed by atoms with Gasteiger partial charge in [-0.25, -0.2) is 4.79 Å². The molecule has 1 aliphatic heterocycles. The Bertz CT molecular complexity index is 245. The molecule has 0 spiro atoms. The number of carboxylic acids is 2. The number of carboxylic acid groups (broad SMARTS) is 2. The van der Waals surface area contributed by atoms with Gasteiger partial charge in [0.05, 0.1) is 0 Å². The first-order valence-corrected chi connectivity index (χ1v) is 5.07. The molecule has 0 bridgehead atoms. The van der Waals surface area contributed by atoms with Crippen LogP contribution in [0.3, 0.4) is 0 Å². The molecule has 1 heterocycles. The van der Waals surface area contributed by atoms with Gasteiger partial charge in [0.25, 0.3) is 0 Å². The molecule has 0 aromatic carbocycles. The van der Waals surface area contributed by atoms with Gasteiger partial charge < -0.3 is 10.2 Å². The van der Waals surface area contributed by atoms with Crippen molar-refractivity contribution in [2.75, 3.05) is 5.75 Å². The molecule has 4 nitrogen and oxygen atoms in total. The van der Waals surface area contributed by atoms with Crippen LogP contribution < -0.4 is 0 Å². The standard InChI is InChI=1S/C6H6Cl2O4S/c7-5(3(9)10)1-2-13-6(5,8)4(11)12/h1-2H2,(H,9,10)(H,11,12). The molecule has 13 heavy (non-hydrogen) atoms. The van der Waals surface area contributed by atoms with Crippen LogP contribution in [0.2, 0.25) is 0 Å². The minimum atomic E-state index is -1.96. The molecule has 74 valence electrons. The van der Waals surface area contributed by atoms with Crippen LogP contribution in [0.1, 0.15) is 6.42 Å². The third-order valence-corrected chi connectivity index (χ3v) is 4.85. The van der Waals surface area contributed by atoms with Gasteiger partial charge in [-0.3, -0.25) is 4.79 Å². The predicted molar refractivity (Wildman–Crippen MR) is 49.5 cm³/mol. The highest BCUT2D eigenvalue weighted by Crippen LogP contribution is 2.53. The fourth-order valence-corrected chi connectivity index (χ4v) is 3.17. The molecule has 2 N–H and O–H groups in total. The molecular formula is C6H6Cl2O4S. The monoisotopic (exact) mass is 244 g/mol. The fraction of sp³-hybridized carbons (Fsp3) is 0.667. The minimum absolute atomic E-state index is 0.0460. The Hall–Kier alpha value is -0.130. The molecule has 0 aromatic rings. The lowest BCUT2D eigenvalue weighted by Crippen LogP contribution is -2.50. The topological polar surface area (TPSA) is 74.6 Å². The van der Waals surface area contributed by atoms with Gasteiger partial charge in [-0.2, -0.15) is 0 Å². The van der Waals surface area contributed by atoms with Crippen LogP contribution in [0.25, 0.3) is 0 Å². The van der Waals surface area contributed by atoms with Crippen LogP contribution in [-0.4, -0.2) is 37.0 Å². The van der Waals surface area contributed by atoms with Crippen molar-refractivity contribution in [1.82, 2.24) is 0 Å². The predicted octanol–water partition coefficient (Wildman–Crippen LogP) is 1.21. The Morgan fingerprint density at radius 2 is 1.77 bits per heavy atom. The maximum atomic E-state index is 10.8. The molecule has 1 saturated heterocycles. The minimum Gasteiger partial charge on any atom is -0.480 e. The second-order valence-corrected chi connectivity index (χ2v) is 5.35. The Balaban J connectivity index is 3.11. The lowest BCUT2D eigenvalue weighted by atomic mass is 10.0. The van der Waals surface area contributed by atoms with E-state index in [9.17, 15) is 9.59 Å². The lowest BCUT2D eigenvalue weighted by molar-refractivity contribution is -0.146. The average Bonchev–Trinajstić information content (AvgIpc) is 2.31. The first-order valence-electron chi connectivity index (χ1n) is 3.33. The highest BCUT2D eigenvalue weighted by atomic mass is 35.5. The van der Waals surface area contributed by atoms with E-state index in [0.717, 1.165) is 11.8 Å². The number of alkyl halides is 2. The largest absolute Gasteiger partial charge is 0.480 e. The zero-order valence-corrected chi connectivity index (χ0v) is 8.62. The van der Waals surface area contributed by atoms with Crippen molar-refractivity contribution < 1.29 is 19.8 Å². The molecule has 0 aliphatic carbocycles. The zero-order valence-electron chi connectivity index (χ0n) is 6.29. The van der Waals surface area contributed by atoms with E-state index in [1.165, 1.54) is 0 Å². The van der Waals surface area contributed by atoms with Gasteiger partial charge >= 0.3 is 11.9 Å². The van der Waals surface area contributed by atoms with E-state index in [-0.39, 0.29) is 6.42 Å². The fourth-order valence-electron chi connectivity index (χ4n) is 1.08. The summed E-state index contributed by atoms with van der Waals surface area (Å²) in [4.78, 5) is 19.6. The lowest BCUT2D eigenvalue weighted by Gasteiger charge is -2.27. The number of halogens is 2. The summed E-state index contributed by atoms with van der Waals surface area (Å²) in [5.41, 5.74) is 0. The molecule has 1 fully saturated rings. The van der Waals surface area contributed by atoms with Crippen LogP contribution in [0.4, 0.5) is 0 Å². The Labute approximate surface area is 88.2 Å².